The summed E-state index contributed by atoms with van der Waals surface area (Å²) in [6, 6.07) is 3.83. The summed E-state index contributed by atoms with van der Waals surface area (Å²) in [6.45, 7) is 6.02. The molecule has 3 atom stereocenters. The second-order valence-corrected chi connectivity index (χ2v) is 5.55. The van der Waals surface area contributed by atoms with Gasteiger partial charge in [0.25, 0.3) is 0 Å². The average Bonchev–Trinajstić information content (AvgIpc) is 2.95. The monoisotopic (exact) mass is 265 g/mol. The minimum Gasteiger partial charge on any atom is -0.387 e. The maximum absolute atomic E-state index is 11.5. The van der Waals surface area contributed by atoms with Crippen molar-refractivity contribution in [3.8, 4) is 0 Å². The van der Waals surface area contributed by atoms with Crippen LogP contribution in [0.25, 0.3) is 0 Å². The highest BCUT2D eigenvalue weighted by atomic mass is 16.3. The molecular formula is C16H27NO2. The van der Waals surface area contributed by atoms with Crippen LogP contribution in [0.15, 0.2) is 18.3 Å². The van der Waals surface area contributed by atoms with Gasteiger partial charge in [-0.1, -0.05) is 33.6 Å². The first-order valence-corrected chi connectivity index (χ1v) is 7.40. The standard InChI is InChI=1S/C16H27NO2/c1-4-15(18)12(2)8-5-6-9-13(3)16(19)14-10-7-11-17-14/h7,10-13,16-17,19H,4-6,8-9H2,1-3H3. The number of hydrogen-bond donors (Lipinski definition) is 2. The SMILES string of the molecule is CCC(=O)C(C)CCCCC(C)C(O)c1ccc[nH]1. The first kappa shape index (κ1) is 16.0. The fourth-order valence-electron chi connectivity index (χ4n) is 2.42. The number of carbonyl (C=O) groups is 1. The molecule has 0 aliphatic heterocycles. The number of Topliss-reactive ketones (excluding diaryl/α,β-unsaturated/α-hetero) is 1. The molecule has 0 aliphatic carbocycles. The summed E-state index contributed by atoms with van der Waals surface area (Å²) in [6.07, 6.45) is 6.16. The van der Waals surface area contributed by atoms with Crippen LogP contribution >= 0.6 is 0 Å². The molecule has 3 unspecified atom stereocenters. The Hall–Kier alpha value is -1.09. The Labute approximate surface area is 116 Å². The van der Waals surface area contributed by atoms with Gasteiger partial charge in [0, 0.05) is 24.2 Å². The van der Waals surface area contributed by atoms with E-state index >= 15 is 0 Å². The van der Waals surface area contributed by atoms with Gasteiger partial charge in [-0.3, -0.25) is 4.79 Å². The third kappa shape index (κ3) is 5.19. The Morgan fingerprint density at radius 1 is 1.32 bits per heavy atom. The number of ketones is 1. The molecule has 0 fully saturated rings. The predicted molar refractivity (Wildman–Crippen MR) is 77.8 cm³/mol. The summed E-state index contributed by atoms with van der Waals surface area (Å²) >= 11 is 0. The highest BCUT2D eigenvalue weighted by Gasteiger charge is 2.17. The number of aromatic nitrogens is 1. The van der Waals surface area contributed by atoms with Gasteiger partial charge >= 0.3 is 0 Å². The molecule has 0 aromatic carbocycles. The minimum absolute atomic E-state index is 0.189. The van der Waals surface area contributed by atoms with Crippen LogP contribution in [0.3, 0.4) is 0 Å². The molecule has 0 saturated heterocycles. The second-order valence-electron chi connectivity index (χ2n) is 5.55. The fraction of sp³-hybridized carbons (Fsp3) is 0.688. The van der Waals surface area contributed by atoms with E-state index < -0.39 is 6.10 Å². The lowest BCUT2D eigenvalue weighted by atomic mass is 9.92. The lowest BCUT2D eigenvalue weighted by Gasteiger charge is -2.18. The highest BCUT2D eigenvalue weighted by molar-refractivity contribution is 5.80. The maximum Gasteiger partial charge on any atom is 0.135 e. The molecular weight excluding hydrogens is 238 g/mol. The Morgan fingerprint density at radius 3 is 2.58 bits per heavy atom. The summed E-state index contributed by atoms with van der Waals surface area (Å²) in [5.41, 5.74) is 0.891. The van der Waals surface area contributed by atoms with Crippen molar-refractivity contribution >= 4 is 5.78 Å². The molecule has 0 amide bonds. The van der Waals surface area contributed by atoms with E-state index in [9.17, 15) is 9.90 Å². The third-order valence-corrected chi connectivity index (χ3v) is 3.92. The topological polar surface area (TPSA) is 53.1 Å². The molecule has 0 spiro atoms. The van der Waals surface area contributed by atoms with Crippen molar-refractivity contribution < 1.29 is 9.90 Å². The molecule has 1 heterocycles. The van der Waals surface area contributed by atoms with Crippen LogP contribution in [0.1, 0.15) is 64.7 Å². The molecule has 2 N–H and O–H groups in total. The largest absolute Gasteiger partial charge is 0.387 e. The van der Waals surface area contributed by atoms with Crippen LogP contribution in [-0.4, -0.2) is 15.9 Å². The van der Waals surface area contributed by atoms with Crippen molar-refractivity contribution in [2.75, 3.05) is 0 Å². The van der Waals surface area contributed by atoms with Gasteiger partial charge in [0.05, 0.1) is 6.10 Å². The van der Waals surface area contributed by atoms with Crippen molar-refractivity contribution in [2.24, 2.45) is 11.8 Å². The van der Waals surface area contributed by atoms with E-state index in [4.69, 9.17) is 0 Å². The molecule has 3 nitrogen and oxygen atoms in total. The first-order chi connectivity index (χ1) is 9.06. The summed E-state index contributed by atoms with van der Waals surface area (Å²) < 4.78 is 0. The normalized spacial score (nSPS) is 16.0. The molecule has 108 valence electrons. The second kappa shape index (κ2) is 8.16. The zero-order valence-electron chi connectivity index (χ0n) is 12.4. The molecule has 19 heavy (non-hydrogen) atoms. The molecule has 3 heteroatoms. The Bertz CT molecular complexity index is 359. The number of aliphatic hydroxyl groups is 1. The number of H-pyrrole nitrogens is 1. The van der Waals surface area contributed by atoms with E-state index in [1.54, 1.807) is 0 Å². The Kier molecular flexibility index (Phi) is 6.85. The van der Waals surface area contributed by atoms with Crippen LogP contribution in [0, 0.1) is 11.8 Å². The van der Waals surface area contributed by atoms with Gasteiger partial charge in [0.15, 0.2) is 0 Å². The van der Waals surface area contributed by atoms with Crippen LogP contribution in [0.5, 0.6) is 0 Å². The number of hydrogen-bond acceptors (Lipinski definition) is 2. The summed E-state index contributed by atoms with van der Waals surface area (Å²) in [7, 11) is 0. The van der Waals surface area contributed by atoms with Gasteiger partial charge in [0.1, 0.15) is 5.78 Å². The summed E-state index contributed by atoms with van der Waals surface area (Å²) in [4.78, 5) is 14.5. The van der Waals surface area contributed by atoms with Gasteiger partial charge in [-0.2, -0.15) is 0 Å². The lowest BCUT2D eigenvalue weighted by molar-refractivity contribution is -0.122. The first-order valence-electron chi connectivity index (χ1n) is 7.40. The number of rotatable bonds is 9. The quantitative estimate of drug-likeness (QED) is 0.666. The van der Waals surface area contributed by atoms with Crippen molar-refractivity contribution in [3.63, 3.8) is 0 Å². The van der Waals surface area contributed by atoms with Crippen LogP contribution < -0.4 is 0 Å². The lowest BCUT2D eigenvalue weighted by Crippen LogP contribution is -2.11. The third-order valence-electron chi connectivity index (χ3n) is 3.92. The minimum atomic E-state index is -0.412. The fourth-order valence-corrected chi connectivity index (χ4v) is 2.42. The molecule has 0 bridgehead atoms. The molecule has 1 rings (SSSR count). The number of unbranched alkanes of at least 4 members (excludes halogenated alkanes) is 1. The van der Waals surface area contributed by atoms with Crippen molar-refractivity contribution in [1.82, 2.24) is 4.98 Å². The zero-order valence-corrected chi connectivity index (χ0v) is 12.4. The number of aliphatic hydroxyl groups excluding tert-OH is 1. The van der Waals surface area contributed by atoms with Crippen molar-refractivity contribution in [1.29, 1.82) is 0 Å². The van der Waals surface area contributed by atoms with E-state index in [0.717, 1.165) is 31.4 Å². The molecule has 0 saturated carbocycles. The molecule has 1 aromatic rings. The van der Waals surface area contributed by atoms with E-state index in [2.05, 4.69) is 11.9 Å². The molecule has 1 aromatic heterocycles. The van der Waals surface area contributed by atoms with Crippen molar-refractivity contribution in [3.05, 3.63) is 24.0 Å². The van der Waals surface area contributed by atoms with E-state index in [-0.39, 0.29) is 11.8 Å². The van der Waals surface area contributed by atoms with E-state index in [1.165, 1.54) is 0 Å². The average molecular weight is 265 g/mol. The zero-order chi connectivity index (χ0) is 14.3. The van der Waals surface area contributed by atoms with Gasteiger partial charge in [0.2, 0.25) is 0 Å². The van der Waals surface area contributed by atoms with E-state index in [0.29, 0.717) is 12.2 Å². The van der Waals surface area contributed by atoms with Crippen LogP contribution in [-0.2, 0) is 4.79 Å². The van der Waals surface area contributed by atoms with Gasteiger partial charge in [-0.15, -0.1) is 0 Å². The van der Waals surface area contributed by atoms with Gasteiger partial charge < -0.3 is 10.1 Å². The van der Waals surface area contributed by atoms with Gasteiger partial charge in [-0.05, 0) is 30.9 Å². The molecule has 0 radical (unpaired) electrons. The summed E-state index contributed by atoms with van der Waals surface area (Å²) in [5.74, 6) is 0.795. The predicted octanol–water partition coefficient (Wildman–Crippen LogP) is 3.86. The van der Waals surface area contributed by atoms with Crippen LogP contribution in [0.2, 0.25) is 0 Å². The maximum atomic E-state index is 11.5. The van der Waals surface area contributed by atoms with E-state index in [1.807, 2.05) is 32.2 Å². The number of nitrogens with one attached hydrogen (secondary N) is 1. The molecule has 0 aliphatic rings. The Balaban J connectivity index is 2.20. The summed E-state index contributed by atoms with van der Waals surface area (Å²) in [5, 5.41) is 10.1. The highest BCUT2D eigenvalue weighted by Crippen LogP contribution is 2.25. The van der Waals surface area contributed by atoms with Crippen LogP contribution in [0.4, 0.5) is 0 Å². The van der Waals surface area contributed by atoms with Gasteiger partial charge in [-0.25, -0.2) is 0 Å². The smallest absolute Gasteiger partial charge is 0.135 e. The Morgan fingerprint density at radius 2 is 2.00 bits per heavy atom. The van der Waals surface area contributed by atoms with Crippen molar-refractivity contribution in [2.45, 2.75) is 59.0 Å². The number of carbonyl (C=O) groups excluding carboxylic acids is 1. The number of aromatic amines is 1.